The number of nitrogens with one attached hydrogen (secondary N) is 2. The fraction of sp³-hybridized carbons (Fsp3) is 0.222. The number of amides is 1. The average Bonchev–Trinajstić information content (AvgIpc) is 3.26. The normalized spacial score (nSPS) is 12.0. The molecule has 0 spiro atoms. The maximum atomic E-state index is 13.8. The Balaban J connectivity index is 1.60. The summed E-state index contributed by atoms with van der Waals surface area (Å²) in [4.78, 5) is 16.4. The van der Waals surface area contributed by atoms with Gasteiger partial charge in [0.2, 0.25) is 0 Å². The van der Waals surface area contributed by atoms with Gasteiger partial charge in [0.05, 0.1) is 24.8 Å². The lowest BCUT2D eigenvalue weighted by Gasteiger charge is -2.18. The van der Waals surface area contributed by atoms with E-state index in [-0.39, 0.29) is 12.2 Å². The first-order chi connectivity index (χ1) is 16.5. The molecule has 1 aromatic heterocycles. The number of fused-ring (bicyclic) bond motifs is 1. The number of benzene rings is 3. The van der Waals surface area contributed by atoms with E-state index in [0.29, 0.717) is 29.9 Å². The molecule has 0 aliphatic heterocycles. The lowest BCUT2D eigenvalue weighted by molar-refractivity contribution is 0.0912. The molecule has 3 N–H and O–H groups in total. The smallest absolute Gasteiger partial charge is 0.255 e. The van der Waals surface area contributed by atoms with E-state index in [1.165, 1.54) is 6.07 Å². The molecule has 0 aliphatic rings. The molecule has 4 rings (SSSR count). The molecule has 3 aromatic carbocycles. The molecule has 0 saturated carbocycles. The minimum absolute atomic E-state index is 0.251. The molecule has 5 nitrogen and oxygen atoms in total. The van der Waals surface area contributed by atoms with Gasteiger partial charge in [-0.15, -0.1) is 0 Å². The molecule has 0 bridgehead atoms. The van der Waals surface area contributed by atoms with E-state index < -0.39 is 23.6 Å². The minimum atomic E-state index is -0.964. The van der Waals surface area contributed by atoms with E-state index in [1.54, 1.807) is 18.2 Å². The topological polar surface area (TPSA) is 74.3 Å². The molecule has 1 atom stereocenters. The second-order valence-corrected chi connectivity index (χ2v) is 8.10. The molecular formula is C27H26F2N2O3. The maximum absolute atomic E-state index is 13.8. The molecule has 0 saturated heterocycles. The van der Waals surface area contributed by atoms with Gasteiger partial charge >= 0.3 is 0 Å². The third-order valence-corrected chi connectivity index (χ3v) is 5.64. The third-order valence-electron chi connectivity index (χ3n) is 5.64. The van der Waals surface area contributed by atoms with Crippen molar-refractivity contribution in [3.8, 4) is 16.9 Å². The first-order valence-electron chi connectivity index (χ1n) is 11.2. The molecular weight excluding hydrogens is 438 g/mol. The monoisotopic (exact) mass is 464 g/mol. The highest BCUT2D eigenvalue weighted by Crippen LogP contribution is 2.28. The van der Waals surface area contributed by atoms with Crippen molar-refractivity contribution < 1.29 is 23.4 Å². The summed E-state index contributed by atoms with van der Waals surface area (Å²) in [7, 11) is 0. The van der Waals surface area contributed by atoms with Crippen LogP contribution >= 0.6 is 0 Å². The van der Waals surface area contributed by atoms with Crippen LogP contribution in [0.5, 0.6) is 5.75 Å². The number of para-hydroxylation sites is 1. The van der Waals surface area contributed by atoms with Crippen molar-refractivity contribution in [2.24, 2.45) is 0 Å². The quantitative estimate of drug-likeness (QED) is 0.317. The fourth-order valence-electron chi connectivity index (χ4n) is 3.89. The van der Waals surface area contributed by atoms with Crippen LogP contribution in [-0.2, 0) is 6.42 Å². The highest BCUT2D eigenvalue weighted by molar-refractivity contribution is 5.98. The highest BCUT2D eigenvalue weighted by atomic mass is 19.2. The Labute approximate surface area is 196 Å². The van der Waals surface area contributed by atoms with Crippen LogP contribution in [0.3, 0.4) is 0 Å². The van der Waals surface area contributed by atoms with Crippen molar-refractivity contribution in [3.05, 3.63) is 89.6 Å². The second kappa shape index (κ2) is 10.5. The van der Waals surface area contributed by atoms with Gasteiger partial charge in [-0.2, -0.15) is 0 Å². The van der Waals surface area contributed by atoms with Gasteiger partial charge in [-0.3, -0.25) is 4.79 Å². The molecule has 7 heteroatoms. The third kappa shape index (κ3) is 5.10. The number of carbonyl (C=O) groups is 1. The summed E-state index contributed by atoms with van der Waals surface area (Å²) in [6.07, 6.45) is 3.06. The van der Waals surface area contributed by atoms with Gasteiger partial charge in [-0.05, 0) is 59.9 Å². The molecule has 34 heavy (non-hydrogen) atoms. The zero-order valence-corrected chi connectivity index (χ0v) is 18.8. The number of ether oxygens (including phenoxy) is 1. The van der Waals surface area contributed by atoms with E-state index in [2.05, 4.69) is 10.3 Å². The maximum Gasteiger partial charge on any atom is 0.255 e. The van der Waals surface area contributed by atoms with Crippen LogP contribution in [0.1, 0.15) is 29.3 Å². The number of aliphatic hydroxyl groups is 1. The summed E-state index contributed by atoms with van der Waals surface area (Å²) in [5.41, 5.74) is 3.20. The predicted molar refractivity (Wildman–Crippen MR) is 128 cm³/mol. The summed E-state index contributed by atoms with van der Waals surface area (Å²) in [6.45, 7) is 2.13. The summed E-state index contributed by atoms with van der Waals surface area (Å²) < 4.78 is 32.9. The van der Waals surface area contributed by atoms with Crippen LogP contribution in [-0.4, -0.2) is 35.3 Å². The number of carbonyl (C=O) groups excluding carboxylic acids is 1. The van der Waals surface area contributed by atoms with E-state index in [0.717, 1.165) is 35.0 Å². The first-order valence-corrected chi connectivity index (χ1v) is 11.2. The molecule has 176 valence electrons. The van der Waals surface area contributed by atoms with Gasteiger partial charge in [-0.25, -0.2) is 8.78 Å². The SMILES string of the molecule is CCCOc1ccc(-c2ccc(F)c(F)c2)cc1C(=O)N[C@H](CO)Cc1c[nH]c2ccccc12. The Bertz CT molecular complexity index is 1300. The Morgan fingerprint density at radius 1 is 1.06 bits per heavy atom. The van der Waals surface area contributed by atoms with Gasteiger partial charge in [0.15, 0.2) is 11.6 Å². The lowest BCUT2D eigenvalue weighted by Crippen LogP contribution is -2.39. The van der Waals surface area contributed by atoms with Crippen molar-refractivity contribution in [2.75, 3.05) is 13.2 Å². The molecule has 0 radical (unpaired) electrons. The number of hydrogen-bond acceptors (Lipinski definition) is 3. The van der Waals surface area contributed by atoms with E-state index >= 15 is 0 Å². The Kier molecular flexibility index (Phi) is 7.23. The van der Waals surface area contributed by atoms with Crippen LogP contribution in [0.2, 0.25) is 0 Å². The van der Waals surface area contributed by atoms with Crippen molar-refractivity contribution in [2.45, 2.75) is 25.8 Å². The van der Waals surface area contributed by atoms with Crippen molar-refractivity contribution >= 4 is 16.8 Å². The van der Waals surface area contributed by atoms with Crippen molar-refractivity contribution in [1.82, 2.24) is 10.3 Å². The Morgan fingerprint density at radius 2 is 1.82 bits per heavy atom. The van der Waals surface area contributed by atoms with Gasteiger partial charge in [0.25, 0.3) is 5.91 Å². The molecule has 4 aromatic rings. The number of hydrogen-bond donors (Lipinski definition) is 3. The standard InChI is InChI=1S/C27H26F2N2O3/c1-2-11-34-26-10-8-17(18-7-9-23(28)24(29)14-18)13-22(26)27(33)31-20(16-32)12-19-15-30-25-6-4-3-5-21(19)25/h3-10,13-15,20,30,32H,2,11-12,16H2,1H3,(H,31,33)/t20-/m0/s1. The number of aromatic amines is 1. The predicted octanol–water partition coefficient (Wildman–Crippen LogP) is 5.24. The summed E-state index contributed by atoms with van der Waals surface area (Å²) in [5, 5.41) is 13.9. The van der Waals surface area contributed by atoms with Crippen molar-refractivity contribution in [3.63, 3.8) is 0 Å². The van der Waals surface area contributed by atoms with Crippen molar-refractivity contribution in [1.29, 1.82) is 0 Å². The first kappa shape index (κ1) is 23.4. The van der Waals surface area contributed by atoms with E-state index in [1.807, 2.05) is 37.4 Å². The van der Waals surface area contributed by atoms with Crippen LogP contribution in [0.4, 0.5) is 8.78 Å². The van der Waals surface area contributed by atoms with Crippen LogP contribution in [0, 0.1) is 11.6 Å². The number of halogens is 2. The van der Waals surface area contributed by atoms with Crippen LogP contribution in [0.15, 0.2) is 66.9 Å². The van der Waals surface area contributed by atoms with Gasteiger partial charge in [0, 0.05) is 17.1 Å². The minimum Gasteiger partial charge on any atom is -0.493 e. The largest absolute Gasteiger partial charge is 0.493 e. The number of rotatable bonds is 9. The van der Waals surface area contributed by atoms with Crippen LogP contribution in [0.25, 0.3) is 22.0 Å². The molecule has 0 unspecified atom stereocenters. The summed E-state index contributed by atoms with van der Waals surface area (Å²) in [6, 6.07) is 15.8. The highest BCUT2D eigenvalue weighted by Gasteiger charge is 2.20. The Morgan fingerprint density at radius 3 is 2.59 bits per heavy atom. The van der Waals surface area contributed by atoms with Crippen LogP contribution < -0.4 is 10.1 Å². The number of aromatic nitrogens is 1. The zero-order chi connectivity index (χ0) is 24.1. The van der Waals surface area contributed by atoms with E-state index in [9.17, 15) is 18.7 Å². The lowest BCUT2D eigenvalue weighted by atomic mass is 10.0. The molecule has 1 heterocycles. The summed E-state index contributed by atoms with van der Waals surface area (Å²) in [5.74, 6) is -1.94. The fourth-order valence-corrected chi connectivity index (χ4v) is 3.89. The van der Waals surface area contributed by atoms with Gasteiger partial charge in [0.1, 0.15) is 5.75 Å². The average molecular weight is 465 g/mol. The number of aliphatic hydroxyl groups excluding tert-OH is 1. The zero-order valence-electron chi connectivity index (χ0n) is 18.8. The molecule has 0 aliphatic carbocycles. The van der Waals surface area contributed by atoms with Gasteiger partial charge < -0.3 is 20.1 Å². The number of H-pyrrole nitrogens is 1. The second-order valence-electron chi connectivity index (χ2n) is 8.10. The van der Waals surface area contributed by atoms with E-state index in [4.69, 9.17) is 4.74 Å². The molecule has 1 amide bonds. The summed E-state index contributed by atoms with van der Waals surface area (Å²) >= 11 is 0. The molecule has 0 fully saturated rings. The Hall–Kier alpha value is -3.71. The van der Waals surface area contributed by atoms with Gasteiger partial charge in [-0.1, -0.05) is 37.3 Å².